The van der Waals surface area contributed by atoms with Crippen LogP contribution in [0.3, 0.4) is 0 Å². The number of carbonyl (C=O) groups excluding carboxylic acids is 2. The number of carbonyl (C=O) groups is 2. The number of aromatic hydroxyl groups is 1. The number of nitrogens with one attached hydrogen (secondary N) is 1. The fraction of sp³-hybridized carbons (Fsp3) is 0.346. The molecule has 178 valence electrons. The first-order chi connectivity index (χ1) is 17.0. The predicted octanol–water partition coefficient (Wildman–Crippen LogP) is 3.83. The van der Waals surface area contributed by atoms with Crippen LogP contribution in [0.4, 0.5) is 5.69 Å². The number of nitrogens with zero attached hydrogens (tertiary/aromatic N) is 1. The first-order valence-corrected chi connectivity index (χ1v) is 13.4. The number of fused-ring (bicyclic) bond motifs is 9. The number of hydrogen-bond donors (Lipinski definition) is 2. The smallest absolute Gasteiger partial charge is 0.305 e. The van der Waals surface area contributed by atoms with Gasteiger partial charge in [0.2, 0.25) is 11.8 Å². The minimum atomic E-state index is -0.340. The predicted molar refractivity (Wildman–Crippen MR) is 132 cm³/mol. The average Bonchev–Trinajstić information content (AvgIpc) is 3.59. The third-order valence-electron chi connectivity index (χ3n) is 8.31. The van der Waals surface area contributed by atoms with Crippen LogP contribution in [0, 0.1) is 29.6 Å². The zero-order valence-electron chi connectivity index (χ0n) is 18.7. The topological polar surface area (TPSA) is 99.7 Å². The van der Waals surface area contributed by atoms with Crippen LogP contribution in [-0.4, -0.2) is 34.3 Å². The van der Waals surface area contributed by atoms with Crippen LogP contribution in [0.1, 0.15) is 22.8 Å². The van der Waals surface area contributed by atoms with E-state index in [0.29, 0.717) is 11.4 Å². The molecule has 2 aromatic carbocycles. The Bertz CT molecular complexity index is 1410. The van der Waals surface area contributed by atoms with Crippen molar-refractivity contribution in [1.82, 2.24) is 4.98 Å². The van der Waals surface area contributed by atoms with Crippen LogP contribution in [0.5, 0.6) is 11.5 Å². The number of methoxy groups -OCH3 is 1. The molecule has 3 fully saturated rings. The standard InChI is InChI=1S/C26H22N2O5S2/c1-33-14-8-4-12(5-9-14)28-24(30)19-15-10-16(20(19)25(28)31)21-18(15)17(11-2-6-13(29)7-3-11)22-23(34-21)27-26(32)35-22/h2-9,15-21,29H,10H2,1H3,(H,27,32)/t15-,16+,17+,18+,19-,20+,21-/m1/s1. The number of benzene rings is 2. The molecule has 0 radical (unpaired) electrons. The van der Waals surface area contributed by atoms with Gasteiger partial charge < -0.3 is 14.8 Å². The maximum Gasteiger partial charge on any atom is 0.305 e. The fourth-order valence-corrected chi connectivity index (χ4v) is 9.95. The Morgan fingerprint density at radius 3 is 2.34 bits per heavy atom. The van der Waals surface area contributed by atoms with E-state index in [2.05, 4.69) is 4.98 Å². The lowest BCUT2D eigenvalue weighted by molar-refractivity contribution is -0.123. The minimum Gasteiger partial charge on any atom is -0.508 e. The van der Waals surface area contributed by atoms with E-state index >= 15 is 0 Å². The number of H-pyrrole nitrogens is 1. The highest BCUT2D eigenvalue weighted by Crippen LogP contribution is 2.68. The van der Waals surface area contributed by atoms with Crippen LogP contribution in [0.15, 0.2) is 58.4 Å². The maximum atomic E-state index is 13.7. The molecule has 3 aromatic rings. The van der Waals surface area contributed by atoms with E-state index < -0.39 is 0 Å². The molecule has 2 amide bonds. The Morgan fingerprint density at radius 1 is 0.971 bits per heavy atom. The van der Waals surface area contributed by atoms with Crippen LogP contribution >= 0.6 is 23.1 Å². The van der Waals surface area contributed by atoms with E-state index in [0.717, 1.165) is 21.9 Å². The van der Waals surface area contributed by atoms with Crippen molar-refractivity contribution >= 4 is 40.6 Å². The first-order valence-electron chi connectivity index (χ1n) is 11.7. The summed E-state index contributed by atoms with van der Waals surface area (Å²) in [5.74, 6) is 0.217. The molecule has 2 N–H and O–H groups in total. The number of rotatable bonds is 3. The van der Waals surface area contributed by atoms with Gasteiger partial charge in [-0.05, 0) is 66.1 Å². The number of phenols is 1. The van der Waals surface area contributed by atoms with Gasteiger partial charge in [-0.1, -0.05) is 23.5 Å². The summed E-state index contributed by atoms with van der Waals surface area (Å²) >= 11 is 2.91. The molecule has 3 heterocycles. The number of thiazole rings is 1. The summed E-state index contributed by atoms with van der Waals surface area (Å²) in [5, 5.41) is 10.9. The van der Waals surface area contributed by atoms with Gasteiger partial charge in [0.25, 0.3) is 0 Å². The molecule has 35 heavy (non-hydrogen) atoms. The molecule has 4 aliphatic rings. The lowest BCUT2D eigenvalue weighted by atomic mass is 9.68. The average molecular weight is 507 g/mol. The molecule has 2 saturated carbocycles. The van der Waals surface area contributed by atoms with Crippen molar-refractivity contribution in [1.29, 1.82) is 0 Å². The lowest BCUT2D eigenvalue weighted by Gasteiger charge is -2.43. The van der Waals surface area contributed by atoms with Crippen LogP contribution in [0.2, 0.25) is 0 Å². The zero-order valence-corrected chi connectivity index (χ0v) is 20.3. The van der Waals surface area contributed by atoms with Gasteiger partial charge in [-0.3, -0.25) is 19.3 Å². The number of anilines is 1. The van der Waals surface area contributed by atoms with E-state index in [9.17, 15) is 19.5 Å². The second-order valence-electron chi connectivity index (χ2n) is 9.76. The third-order valence-corrected chi connectivity index (χ3v) is 10.9. The summed E-state index contributed by atoms with van der Waals surface area (Å²) in [7, 11) is 1.58. The lowest BCUT2D eigenvalue weighted by Crippen LogP contribution is -2.42. The Kier molecular flexibility index (Phi) is 4.54. The van der Waals surface area contributed by atoms with E-state index in [1.54, 1.807) is 55.3 Å². The summed E-state index contributed by atoms with van der Waals surface area (Å²) in [5.41, 5.74) is 1.62. The minimum absolute atomic E-state index is 0.0466. The van der Waals surface area contributed by atoms with Crippen LogP contribution in [-0.2, 0) is 9.59 Å². The molecular weight excluding hydrogens is 484 g/mol. The Morgan fingerprint density at radius 2 is 1.66 bits per heavy atom. The normalized spacial score (nSPS) is 32.5. The quantitative estimate of drug-likeness (QED) is 0.524. The molecule has 0 unspecified atom stereocenters. The largest absolute Gasteiger partial charge is 0.508 e. The number of ether oxygens (including phenoxy) is 1. The van der Waals surface area contributed by atoms with Gasteiger partial charge in [0.15, 0.2) is 0 Å². The van der Waals surface area contributed by atoms with Crippen molar-refractivity contribution in [2.75, 3.05) is 12.0 Å². The molecule has 0 spiro atoms. The van der Waals surface area contributed by atoms with Crippen molar-refractivity contribution in [2.45, 2.75) is 22.6 Å². The number of phenolic OH excluding ortho intramolecular Hbond substituents is 1. The third kappa shape index (κ3) is 2.88. The van der Waals surface area contributed by atoms with E-state index in [1.807, 2.05) is 12.1 Å². The van der Waals surface area contributed by atoms with Crippen molar-refractivity contribution in [2.24, 2.45) is 29.6 Å². The summed E-state index contributed by atoms with van der Waals surface area (Å²) in [6.45, 7) is 0. The Hall–Kier alpha value is -3.04. The molecule has 7 rings (SSSR count). The molecule has 1 aromatic heterocycles. The van der Waals surface area contributed by atoms with Gasteiger partial charge in [-0.25, -0.2) is 0 Å². The number of thioether (sulfide) groups is 1. The van der Waals surface area contributed by atoms with Gasteiger partial charge >= 0.3 is 4.87 Å². The van der Waals surface area contributed by atoms with E-state index in [4.69, 9.17) is 4.74 Å². The Labute approximate surface area is 209 Å². The van der Waals surface area contributed by atoms with Gasteiger partial charge in [0, 0.05) is 16.0 Å². The highest BCUT2D eigenvalue weighted by Gasteiger charge is 2.69. The maximum absolute atomic E-state index is 13.7. The number of hydrogen-bond acceptors (Lipinski definition) is 7. The Balaban J connectivity index is 1.30. The van der Waals surface area contributed by atoms with Crippen LogP contribution in [0.25, 0.3) is 0 Å². The summed E-state index contributed by atoms with van der Waals surface area (Å²) in [6, 6.07) is 14.2. The first kappa shape index (κ1) is 21.3. The van der Waals surface area contributed by atoms with Gasteiger partial charge in [-0.2, -0.15) is 0 Å². The van der Waals surface area contributed by atoms with Crippen molar-refractivity contribution in [3.63, 3.8) is 0 Å². The molecule has 2 bridgehead atoms. The molecule has 9 heteroatoms. The van der Waals surface area contributed by atoms with Crippen LogP contribution < -0.4 is 14.5 Å². The zero-order chi connectivity index (χ0) is 24.0. The highest BCUT2D eigenvalue weighted by molar-refractivity contribution is 8.00. The summed E-state index contributed by atoms with van der Waals surface area (Å²) < 4.78 is 5.23. The highest BCUT2D eigenvalue weighted by atomic mass is 32.2. The summed E-state index contributed by atoms with van der Waals surface area (Å²) in [6.07, 6.45) is 0.847. The second kappa shape index (κ2) is 7.48. The number of amides is 2. The van der Waals surface area contributed by atoms with E-state index in [-0.39, 0.29) is 63.2 Å². The van der Waals surface area contributed by atoms with Gasteiger partial charge in [0.05, 0.1) is 29.7 Å². The number of aromatic nitrogens is 1. The molecule has 7 atom stereocenters. The van der Waals surface area contributed by atoms with Crippen molar-refractivity contribution in [3.05, 3.63) is 68.6 Å². The van der Waals surface area contributed by atoms with Crippen molar-refractivity contribution in [3.8, 4) is 11.5 Å². The number of imide groups is 1. The molecule has 1 saturated heterocycles. The SMILES string of the molecule is COc1ccc(N2C(=O)[C@@H]3[C@@H]4C[C@H]([C@H]5Sc6[nH]c(=O)sc6[C@@H](c6ccc(O)cc6)[C@H]45)[C@@H]3C2=O)cc1. The summed E-state index contributed by atoms with van der Waals surface area (Å²) in [4.78, 5) is 45.0. The molecule has 7 nitrogen and oxygen atoms in total. The monoisotopic (exact) mass is 506 g/mol. The van der Waals surface area contributed by atoms with Gasteiger partial charge in [0.1, 0.15) is 11.5 Å². The molecule has 2 aliphatic carbocycles. The van der Waals surface area contributed by atoms with E-state index in [1.165, 1.54) is 16.2 Å². The van der Waals surface area contributed by atoms with Gasteiger partial charge in [-0.15, -0.1) is 11.8 Å². The molecular formula is C26H22N2O5S2. The molecule has 2 aliphatic heterocycles. The van der Waals surface area contributed by atoms with Crippen molar-refractivity contribution < 1.29 is 19.4 Å². The fourth-order valence-electron chi connectivity index (χ4n) is 7.06. The second-order valence-corrected chi connectivity index (χ2v) is 12.0. The number of aromatic amines is 1.